The molecule has 26 heavy (non-hydrogen) atoms. The topological polar surface area (TPSA) is 62.6 Å². The van der Waals surface area contributed by atoms with E-state index < -0.39 is 34.0 Å². The Bertz CT molecular complexity index is 911. The zero-order valence-electron chi connectivity index (χ0n) is 13.2. The van der Waals surface area contributed by atoms with E-state index in [-0.39, 0.29) is 11.7 Å². The number of hydrogen-bond donors (Lipinski definition) is 0. The van der Waals surface area contributed by atoms with Gasteiger partial charge in [-0.05, 0) is 11.6 Å². The molecule has 9 heteroatoms. The van der Waals surface area contributed by atoms with Gasteiger partial charge in [0.25, 0.3) is 5.91 Å². The number of halogens is 3. The maximum Gasteiger partial charge on any atom is 0.417 e. The molecule has 0 saturated heterocycles. The maximum absolute atomic E-state index is 13.1. The summed E-state index contributed by atoms with van der Waals surface area (Å²) in [5.74, 6) is -1.14. The fourth-order valence-electron chi connectivity index (χ4n) is 2.34. The minimum absolute atomic E-state index is 0.115. The Balaban J connectivity index is 1.91. The zero-order chi connectivity index (χ0) is 18.7. The van der Waals surface area contributed by atoms with Crippen LogP contribution in [-0.2, 0) is 23.5 Å². The van der Waals surface area contributed by atoms with E-state index >= 15 is 0 Å². The molecule has 0 bridgehead atoms. The molecule has 3 rings (SSSR count). The second kappa shape index (κ2) is 7.20. The first-order chi connectivity index (χ1) is 12.4. The highest BCUT2D eigenvalue weighted by Gasteiger charge is 2.35. The molecule has 5 nitrogen and oxygen atoms in total. The Hall–Kier alpha value is -2.81. The minimum Gasteiger partial charge on any atom is -0.320 e. The Morgan fingerprint density at radius 1 is 1.19 bits per heavy atom. The van der Waals surface area contributed by atoms with E-state index in [1.165, 1.54) is 16.5 Å². The first kappa shape index (κ1) is 18.0. The van der Waals surface area contributed by atoms with Crippen LogP contribution in [0.15, 0.2) is 65.4 Å². The molecule has 0 N–H and O–H groups in total. The Kier molecular flexibility index (Phi) is 4.99. The number of benzene rings is 1. The van der Waals surface area contributed by atoms with Crippen LogP contribution in [0.4, 0.5) is 13.2 Å². The third kappa shape index (κ3) is 3.88. The van der Waals surface area contributed by atoms with Gasteiger partial charge in [-0.2, -0.15) is 18.2 Å². The van der Waals surface area contributed by atoms with Gasteiger partial charge in [-0.15, -0.1) is 0 Å². The van der Waals surface area contributed by atoms with E-state index in [4.69, 9.17) is 0 Å². The fraction of sp³-hybridized carbons (Fsp3) is 0.118. The van der Waals surface area contributed by atoms with Crippen LogP contribution in [0, 0.1) is 0 Å². The van der Waals surface area contributed by atoms with Crippen molar-refractivity contribution in [2.75, 3.05) is 0 Å². The summed E-state index contributed by atoms with van der Waals surface area (Å²) >= 11 is 0. The SMILES string of the molecule is O=C(N=C1N(Cc2ccccc2)C=CS1=O)c1cnccc1C(F)(F)F. The van der Waals surface area contributed by atoms with Crippen LogP contribution in [-0.4, -0.2) is 25.2 Å². The second-order valence-corrected chi connectivity index (χ2v) is 6.55. The van der Waals surface area contributed by atoms with E-state index in [2.05, 4.69) is 9.98 Å². The summed E-state index contributed by atoms with van der Waals surface area (Å²) in [4.78, 5) is 21.0. The molecule has 0 spiro atoms. The van der Waals surface area contributed by atoms with Crippen LogP contribution >= 0.6 is 0 Å². The molecule has 0 saturated carbocycles. The molecule has 1 amide bonds. The molecule has 1 aromatic heterocycles. The lowest BCUT2D eigenvalue weighted by molar-refractivity contribution is -0.138. The Labute approximate surface area is 149 Å². The summed E-state index contributed by atoms with van der Waals surface area (Å²) in [6.45, 7) is 0.286. The lowest BCUT2D eigenvalue weighted by atomic mass is 10.1. The number of amidine groups is 1. The van der Waals surface area contributed by atoms with Gasteiger partial charge in [0.2, 0.25) is 5.17 Å². The van der Waals surface area contributed by atoms with Crippen LogP contribution < -0.4 is 0 Å². The van der Waals surface area contributed by atoms with Crippen LogP contribution in [0.25, 0.3) is 0 Å². The zero-order valence-corrected chi connectivity index (χ0v) is 14.0. The van der Waals surface area contributed by atoms with Crippen molar-refractivity contribution in [1.29, 1.82) is 0 Å². The van der Waals surface area contributed by atoms with Gasteiger partial charge in [-0.3, -0.25) is 9.78 Å². The van der Waals surface area contributed by atoms with Crippen molar-refractivity contribution in [3.05, 3.63) is 77.1 Å². The van der Waals surface area contributed by atoms with Crippen LogP contribution in [0.5, 0.6) is 0 Å². The molecule has 1 aliphatic rings. The number of carbonyl (C=O) groups excluding carboxylic acids is 1. The van der Waals surface area contributed by atoms with Gasteiger partial charge in [-0.25, -0.2) is 4.21 Å². The number of alkyl halides is 3. The quantitative estimate of drug-likeness (QED) is 0.821. The lowest BCUT2D eigenvalue weighted by Gasteiger charge is -2.16. The number of carbonyl (C=O) groups is 1. The average Bonchev–Trinajstić information content (AvgIpc) is 2.95. The fourth-order valence-corrected chi connectivity index (χ4v) is 3.25. The molecule has 1 unspecified atom stereocenters. The highest BCUT2D eigenvalue weighted by molar-refractivity contribution is 8.03. The number of hydrogen-bond acceptors (Lipinski definition) is 3. The van der Waals surface area contributed by atoms with Gasteiger partial charge in [0, 0.05) is 30.5 Å². The molecular formula is C17H12F3N3O2S. The largest absolute Gasteiger partial charge is 0.417 e. The van der Waals surface area contributed by atoms with Crippen molar-refractivity contribution in [2.45, 2.75) is 12.7 Å². The number of aromatic nitrogens is 1. The summed E-state index contributed by atoms with van der Waals surface area (Å²) in [5, 5.41) is 1.21. The summed E-state index contributed by atoms with van der Waals surface area (Å²) in [7, 11) is -1.71. The van der Waals surface area contributed by atoms with Gasteiger partial charge in [0.05, 0.1) is 11.1 Å². The number of amides is 1. The molecule has 0 radical (unpaired) electrons. The highest BCUT2D eigenvalue weighted by atomic mass is 32.2. The van der Waals surface area contributed by atoms with Crippen LogP contribution in [0.2, 0.25) is 0 Å². The monoisotopic (exact) mass is 379 g/mol. The second-order valence-electron chi connectivity index (χ2n) is 5.31. The number of pyridine rings is 1. The molecule has 1 aliphatic heterocycles. The van der Waals surface area contributed by atoms with Gasteiger partial charge < -0.3 is 4.90 Å². The first-order valence-corrected chi connectivity index (χ1v) is 8.61. The summed E-state index contributed by atoms with van der Waals surface area (Å²) in [5.41, 5.74) is -0.946. The standard InChI is InChI=1S/C17H12F3N3O2S/c18-17(19,20)14-6-7-21-10-13(14)15(24)22-16-23(8-9-26(16)25)11-12-4-2-1-3-5-12/h1-10H,11H2. The van der Waals surface area contributed by atoms with Crippen molar-refractivity contribution in [1.82, 2.24) is 9.88 Å². The maximum atomic E-state index is 13.1. The van der Waals surface area contributed by atoms with Crippen molar-refractivity contribution in [2.24, 2.45) is 4.99 Å². The van der Waals surface area contributed by atoms with E-state index in [0.29, 0.717) is 6.07 Å². The number of rotatable bonds is 3. The van der Waals surface area contributed by atoms with Crippen molar-refractivity contribution >= 4 is 21.9 Å². The smallest absolute Gasteiger partial charge is 0.320 e. The van der Waals surface area contributed by atoms with Crippen molar-refractivity contribution in [3.8, 4) is 0 Å². The van der Waals surface area contributed by atoms with Crippen molar-refractivity contribution < 1.29 is 22.2 Å². The molecule has 2 heterocycles. The van der Waals surface area contributed by atoms with E-state index in [1.807, 2.05) is 30.3 Å². The average molecular weight is 379 g/mol. The molecule has 1 atom stereocenters. The Morgan fingerprint density at radius 2 is 1.92 bits per heavy atom. The number of nitrogens with zero attached hydrogens (tertiary/aromatic N) is 3. The molecule has 1 aromatic carbocycles. The van der Waals surface area contributed by atoms with E-state index in [9.17, 15) is 22.2 Å². The van der Waals surface area contributed by atoms with Crippen molar-refractivity contribution in [3.63, 3.8) is 0 Å². The third-order valence-electron chi connectivity index (χ3n) is 3.54. The molecule has 2 aromatic rings. The molecule has 134 valence electrons. The third-order valence-corrected chi connectivity index (χ3v) is 4.59. The summed E-state index contributed by atoms with van der Waals surface area (Å²) in [6.07, 6.45) is -1.47. The molecular weight excluding hydrogens is 367 g/mol. The van der Waals surface area contributed by atoms with Gasteiger partial charge >= 0.3 is 6.18 Å². The first-order valence-electron chi connectivity index (χ1n) is 7.40. The minimum atomic E-state index is -4.72. The van der Waals surface area contributed by atoms with Crippen LogP contribution in [0.3, 0.4) is 0 Å². The normalized spacial score (nSPS) is 18.5. The van der Waals surface area contributed by atoms with Gasteiger partial charge in [-0.1, -0.05) is 30.3 Å². The predicted octanol–water partition coefficient (Wildman–Crippen LogP) is 3.33. The van der Waals surface area contributed by atoms with Gasteiger partial charge in [0.15, 0.2) is 0 Å². The molecule has 0 fully saturated rings. The van der Waals surface area contributed by atoms with E-state index in [0.717, 1.165) is 18.0 Å². The molecule has 0 aliphatic carbocycles. The van der Waals surface area contributed by atoms with Crippen LogP contribution in [0.1, 0.15) is 21.5 Å². The summed E-state index contributed by atoms with van der Waals surface area (Å²) < 4.78 is 51.2. The summed E-state index contributed by atoms with van der Waals surface area (Å²) in [6, 6.07) is 9.84. The Morgan fingerprint density at radius 3 is 2.62 bits per heavy atom. The highest BCUT2D eigenvalue weighted by Crippen LogP contribution is 2.31. The predicted molar refractivity (Wildman–Crippen MR) is 90.3 cm³/mol. The lowest BCUT2D eigenvalue weighted by Crippen LogP contribution is -2.25. The van der Waals surface area contributed by atoms with Gasteiger partial charge in [0.1, 0.15) is 10.8 Å². The number of aliphatic imine (C=N–C) groups is 1. The van der Waals surface area contributed by atoms with E-state index in [1.54, 1.807) is 0 Å².